The first-order valence-electron chi connectivity index (χ1n) is 6.66. The van der Waals surface area contributed by atoms with Crippen LogP contribution in [0.3, 0.4) is 0 Å². The van der Waals surface area contributed by atoms with Crippen LogP contribution in [0, 0.1) is 0 Å². The zero-order valence-corrected chi connectivity index (χ0v) is 13.2. The number of carbonyl (C=O) groups excluding carboxylic acids is 1. The topological polar surface area (TPSA) is 68.5 Å². The summed E-state index contributed by atoms with van der Waals surface area (Å²) in [7, 11) is 1.34. The lowest BCUT2D eigenvalue weighted by atomic mass is 10.2. The van der Waals surface area contributed by atoms with E-state index in [0.29, 0.717) is 23.6 Å². The van der Waals surface area contributed by atoms with Gasteiger partial charge in [-0.05, 0) is 31.4 Å². The Morgan fingerprint density at radius 3 is 2.81 bits per heavy atom. The second-order valence-corrected chi connectivity index (χ2v) is 5.92. The average Bonchev–Trinajstić information content (AvgIpc) is 2.97. The van der Waals surface area contributed by atoms with Gasteiger partial charge in [0, 0.05) is 17.1 Å². The molecule has 0 amide bonds. The van der Waals surface area contributed by atoms with Gasteiger partial charge in [-0.1, -0.05) is 6.07 Å². The van der Waals surface area contributed by atoms with Crippen LogP contribution in [0.2, 0.25) is 0 Å². The Balaban J connectivity index is 2.39. The Morgan fingerprint density at radius 2 is 2.24 bits per heavy atom. The second kappa shape index (κ2) is 6.58. The highest BCUT2D eigenvalue weighted by atomic mass is 32.1. The molecule has 0 atom stereocenters. The molecule has 0 aliphatic heterocycles. The van der Waals surface area contributed by atoms with Gasteiger partial charge < -0.3 is 15.4 Å². The van der Waals surface area contributed by atoms with Crippen molar-refractivity contribution >= 4 is 28.8 Å². The van der Waals surface area contributed by atoms with Crippen molar-refractivity contribution in [1.29, 1.82) is 0 Å². The fourth-order valence-corrected chi connectivity index (χ4v) is 2.75. The van der Waals surface area contributed by atoms with Crippen LogP contribution in [0.5, 0.6) is 0 Å². The lowest BCUT2D eigenvalue weighted by Gasteiger charge is -2.28. The summed E-state index contributed by atoms with van der Waals surface area (Å²) in [5, 5.41) is 2.04. The molecular formula is C15H19N3O2S. The monoisotopic (exact) mass is 305 g/mol. The number of nitrogens with two attached hydrogens (primary N) is 1. The molecule has 0 radical (unpaired) electrons. The van der Waals surface area contributed by atoms with Gasteiger partial charge in [0.1, 0.15) is 0 Å². The molecule has 2 aromatic heterocycles. The van der Waals surface area contributed by atoms with Crippen molar-refractivity contribution in [1.82, 2.24) is 4.98 Å². The van der Waals surface area contributed by atoms with E-state index in [2.05, 4.69) is 29.8 Å². The first-order valence-corrected chi connectivity index (χ1v) is 7.54. The van der Waals surface area contributed by atoms with Gasteiger partial charge in [-0.25, -0.2) is 9.78 Å². The van der Waals surface area contributed by atoms with E-state index in [0.717, 1.165) is 0 Å². The van der Waals surface area contributed by atoms with Crippen molar-refractivity contribution in [3.63, 3.8) is 0 Å². The van der Waals surface area contributed by atoms with E-state index in [1.54, 1.807) is 23.6 Å². The van der Waals surface area contributed by atoms with Gasteiger partial charge in [0.15, 0.2) is 5.82 Å². The Labute approximate surface area is 128 Å². The quantitative estimate of drug-likeness (QED) is 0.860. The maximum Gasteiger partial charge on any atom is 0.340 e. The summed E-state index contributed by atoms with van der Waals surface area (Å²) >= 11 is 1.68. The molecular weight excluding hydrogens is 286 g/mol. The summed E-state index contributed by atoms with van der Waals surface area (Å²) in [4.78, 5) is 19.4. The van der Waals surface area contributed by atoms with E-state index in [9.17, 15) is 4.79 Å². The number of pyridine rings is 1. The number of hydrogen-bond donors (Lipinski definition) is 1. The standard InChI is InChI=1S/C15H19N3O2S/c1-10(2)18(9-11-5-4-8-21-11)14-13(16)12(6-7-17-14)15(19)20-3/h4-8,10H,9,16H2,1-3H3. The van der Waals surface area contributed by atoms with Crippen molar-refractivity contribution in [2.45, 2.75) is 26.4 Å². The second-order valence-electron chi connectivity index (χ2n) is 4.89. The zero-order chi connectivity index (χ0) is 15.4. The molecule has 0 bridgehead atoms. The SMILES string of the molecule is COC(=O)c1ccnc(N(Cc2cccs2)C(C)C)c1N. The number of ether oxygens (including phenoxy) is 1. The first-order chi connectivity index (χ1) is 10.0. The lowest BCUT2D eigenvalue weighted by Crippen LogP contribution is -2.31. The largest absolute Gasteiger partial charge is 0.465 e. The number of carbonyl (C=O) groups is 1. The minimum atomic E-state index is -0.448. The number of esters is 1. The molecule has 0 aromatic carbocycles. The molecule has 5 nitrogen and oxygen atoms in total. The molecule has 2 aromatic rings. The smallest absolute Gasteiger partial charge is 0.340 e. The van der Waals surface area contributed by atoms with Crippen molar-refractivity contribution < 1.29 is 9.53 Å². The van der Waals surface area contributed by atoms with Crippen LogP contribution >= 0.6 is 11.3 Å². The molecule has 0 aliphatic rings. The van der Waals surface area contributed by atoms with E-state index in [-0.39, 0.29) is 6.04 Å². The van der Waals surface area contributed by atoms with Gasteiger partial charge in [0.25, 0.3) is 0 Å². The fourth-order valence-electron chi connectivity index (χ4n) is 2.05. The summed E-state index contributed by atoms with van der Waals surface area (Å²) in [6.07, 6.45) is 1.59. The summed E-state index contributed by atoms with van der Waals surface area (Å²) in [6.45, 7) is 4.84. The molecule has 2 N–H and O–H groups in total. The molecule has 2 rings (SSSR count). The van der Waals surface area contributed by atoms with Gasteiger partial charge >= 0.3 is 5.97 Å². The average molecular weight is 305 g/mol. The number of hydrogen-bond acceptors (Lipinski definition) is 6. The predicted molar refractivity (Wildman–Crippen MR) is 85.6 cm³/mol. The van der Waals surface area contributed by atoms with E-state index in [4.69, 9.17) is 10.5 Å². The zero-order valence-electron chi connectivity index (χ0n) is 12.4. The number of rotatable bonds is 5. The number of nitrogens with zero attached hydrogens (tertiary/aromatic N) is 2. The fraction of sp³-hybridized carbons (Fsp3) is 0.333. The Kier molecular flexibility index (Phi) is 4.80. The van der Waals surface area contributed by atoms with Gasteiger partial charge in [-0.15, -0.1) is 11.3 Å². The maximum absolute atomic E-state index is 11.7. The van der Waals surface area contributed by atoms with Gasteiger partial charge in [0.2, 0.25) is 0 Å². The molecule has 0 fully saturated rings. The van der Waals surface area contributed by atoms with Crippen LogP contribution < -0.4 is 10.6 Å². The molecule has 0 spiro atoms. The number of methoxy groups -OCH3 is 1. The van der Waals surface area contributed by atoms with E-state index in [1.165, 1.54) is 12.0 Å². The maximum atomic E-state index is 11.7. The molecule has 2 heterocycles. The summed E-state index contributed by atoms with van der Waals surface area (Å²) in [6, 6.07) is 5.87. The van der Waals surface area contributed by atoms with Crippen molar-refractivity contribution in [2.75, 3.05) is 17.7 Å². The van der Waals surface area contributed by atoms with Crippen LogP contribution in [0.15, 0.2) is 29.8 Å². The number of anilines is 2. The van der Waals surface area contributed by atoms with Crippen LogP contribution in [0.4, 0.5) is 11.5 Å². The predicted octanol–water partition coefficient (Wildman–Crippen LogP) is 2.93. The lowest BCUT2D eigenvalue weighted by molar-refractivity contribution is 0.0602. The summed E-state index contributed by atoms with van der Waals surface area (Å²) < 4.78 is 4.76. The highest BCUT2D eigenvalue weighted by molar-refractivity contribution is 7.09. The Hall–Kier alpha value is -2.08. The third kappa shape index (κ3) is 3.33. The molecule has 0 saturated heterocycles. The molecule has 112 valence electrons. The molecule has 21 heavy (non-hydrogen) atoms. The van der Waals surface area contributed by atoms with E-state index < -0.39 is 5.97 Å². The number of aromatic nitrogens is 1. The van der Waals surface area contributed by atoms with Gasteiger partial charge in [-0.2, -0.15) is 0 Å². The Bertz CT molecular complexity index is 611. The van der Waals surface area contributed by atoms with Crippen molar-refractivity contribution in [3.05, 3.63) is 40.2 Å². The number of thiophene rings is 1. The minimum Gasteiger partial charge on any atom is -0.465 e. The van der Waals surface area contributed by atoms with Gasteiger partial charge in [0.05, 0.1) is 24.9 Å². The van der Waals surface area contributed by atoms with Crippen LogP contribution in [-0.2, 0) is 11.3 Å². The first kappa shape index (κ1) is 15.3. The highest BCUT2D eigenvalue weighted by Crippen LogP contribution is 2.28. The molecule has 0 aliphatic carbocycles. The van der Waals surface area contributed by atoms with Crippen LogP contribution in [0.1, 0.15) is 29.1 Å². The third-order valence-corrected chi connectivity index (χ3v) is 4.04. The number of nitrogen functional groups attached to an aromatic ring is 1. The van der Waals surface area contributed by atoms with Crippen LogP contribution in [0.25, 0.3) is 0 Å². The minimum absolute atomic E-state index is 0.204. The normalized spacial score (nSPS) is 10.7. The van der Waals surface area contributed by atoms with E-state index >= 15 is 0 Å². The van der Waals surface area contributed by atoms with Crippen LogP contribution in [-0.4, -0.2) is 24.1 Å². The van der Waals surface area contributed by atoms with Crippen molar-refractivity contribution in [3.8, 4) is 0 Å². The molecule has 6 heteroatoms. The van der Waals surface area contributed by atoms with Crippen molar-refractivity contribution in [2.24, 2.45) is 0 Å². The highest BCUT2D eigenvalue weighted by Gasteiger charge is 2.20. The summed E-state index contributed by atoms with van der Waals surface area (Å²) in [5.74, 6) is 0.164. The molecule has 0 saturated carbocycles. The van der Waals surface area contributed by atoms with Gasteiger partial charge in [-0.3, -0.25) is 0 Å². The molecule has 0 unspecified atom stereocenters. The van der Waals surface area contributed by atoms with E-state index in [1.807, 2.05) is 11.4 Å². The third-order valence-electron chi connectivity index (χ3n) is 3.18. The Morgan fingerprint density at radius 1 is 1.48 bits per heavy atom. The summed E-state index contributed by atoms with van der Waals surface area (Å²) in [5.41, 5.74) is 6.83.